The van der Waals surface area contributed by atoms with Crippen LogP contribution in [0.15, 0.2) is 78.9 Å². The number of halogens is 3. The van der Waals surface area contributed by atoms with E-state index in [4.69, 9.17) is 14.2 Å². The van der Waals surface area contributed by atoms with E-state index in [0.717, 1.165) is 16.7 Å². The first-order valence-electron chi connectivity index (χ1n) is 11.2. The average Bonchev–Trinajstić information content (AvgIpc) is 2.88. The highest BCUT2D eigenvalue weighted by Crippen LogP contribution is 2.45. The Bertz CT molecular complexity index is 1050. The van der Waals surface area contributed by atoms with Crippen LogP contribution in [0.2, 0.25) is 0 Å². The lowest BCUT2D eigenvalue weighted by Crippen LogP contribution is -2.37. The molecule has 3 aromatic rings. The number of methoxy groups -OCH3 is 2. The Hall–Kier alpha value is -3.52. The summed E-state index contributed by atoms with van der Waals surface area (Å²) in [6, 6.07) is 24.8. The quantitative estimate of drug-likeness (QED) is 0.288. The normalized spacial score (nSPS) is 11.7. The Labute approximate surface area is 202 Å². The number of benzene rings is 3. The second kappa shape index (κ2) is 11.8. The molecule has 0 aromatic heterocycles. The number of hydrogen-bond donors (Lipinski definition) is 1. The fourth-order valence-corrected chi connectivity index (χ4v) is 3.91. The Kier molecular flexibility index (Phi) is 8.76. The zero-order valence-electron chi connectivity index (χ0n) is 19.6. The Morgan fingerprint density at radius 3 is 1.94 bits per heavy atom. The van der Waals surface area contributed by atoms with Crippen molar-refractivity contribution >= 4 is 5.91 Å². The van der Waals surface area contributed by atoms with E-state index in [9.17, 15) is 18.0 Å². The first-order valence-corrected chi connectivity index (χ1v) is 11.2. The largest absolute Gasteiger partial charge is 0.497 e. The van der Waals surface area contributed by atoms with Crippen molar-refractivity contribution in [3.05, 3.63) is 95.6 Å². The van der Waals surface area contributed by atoms with E-state index in [1.54, 1.807) is 20.3 Å². The fourth-order valence-electron chi connectivity index (χ4n) is 3.91. The second-order valence-corrected chi connectivity index (χ2v) is 7.79. The third-order valence-corrected chi connectivity index (χ3v) is 5.58. The van der Waals surface area contributed by atoms with Crippen molar-refractivity contribution in [2.75, 3.05) is 27.4 Å². The second-order valence-electron chi connectivity index (χ2n) is 7.79. The molecular weight excluding hydrogens is 459 g/mol. The van der Waals surface area contributed by atoms with Crippen molar-refractivity contribution in [2.24, 2.45) is 0 Å². The third-order valence-electron chi connectivity index (χ3n) is 5.58. The van der Waals surface area contributed by atoms with Crippen molar-refractivity contribution in [1.29, 1.82) is 0 Å². The minimum absolute atomic E-state index is 0.1000. The van der Waals surface area contributed by atoms with Crippen LogP contribution in [0.5, 0.6) is 11.5 Å². The Morgan fingerprint density at radius 2 is 1.43 bits per heavy atom. The summed E-state index contributed by atoms with van der Waals surface area (Å²) in [5.41, 5.74) is 1.42. The standard InChI is InChI=1S/C27H28F3NO4/c1-33-22-15-16-23(24(19-22)34-2)26(20-11-5-3-6-12-20,21-13-7-4-8-14-21)35-18-10-9-17-31-25(32)27(28,29)30/h3-8,11-16,19H,9-10,17-18H2,1-2H3,(H,31,32). The molecule has 0 unspecified atom stereocenters. The van der Waals surface area contributed by atoms with Crippen LogP contribution < -0.4 is 14.8 Å². The van der Waals surface area contributed by atoms with Crippen LogP contribution in [0.3, 0.4) is 0 Å². The summed E-state index contributed by atoms with van der Waals surface area (Å²) in [5.74, 6) is -0.750. The van der Waals surface area contributed by atoms with Gasteiger partial charge in [-0.25, -0.2) is 0 Å². The molecule has 3 aromatic carbocycles. The predicted octanol–water partition coefficient (Wildman–Crippen LogP) is 5.47. The van der Waals surface area contributed by atoms with Gasteiger partial charge in [-0.05, 0) is 36.1 Å². The molecule has 8 heteroatoms. The number of rotatable bonds is 11. The van der Waals surface area contributed by atoms with Gasteiger partial charge in [-0.3, -0.25) is 4.79 Å². The van der Waals surface area contributed by atoms with Crippen LogP contribution in [0.4, 0.5) is 13.2 Å². The molecule has 0 bridgehead atoms. The van der Waals surface area contributed by atoms with Gasteiger partial charge in [0, 0.05) is 24.8 Å². The van der Waals surface area contributed by atoms with Crippen LogP contribution in [-0.4, -0.2) is 39.5 Å². The molecule has 0 fully saturated rings. The third kappa shape index (κ3) is 6.14. The van der Waals surface area contributed by atoms with Gasteiger partial charge in [0.15, 0.2) is 0 Å². The maximum atomic E-state index is 12.4. The van der Waals surface area contributed by atoms with E-state index < -0.39 is 17.7 Å². The lowest BCUT2D eigenvalue weighted by molar-refractivity contribution is -0.173. The molecule has 0 aliphatic heterocycles. The Morgan fingerprint density at radius 1 is 0.829 bits per heavy atom. The summed E-state index contributed by atoms with van der Waals surface area (Å²) in [7, 11) is 3.15. The first kappa shape index (κ1) is 26.1. The zero-order valence-corrected chi connectivity index (χ0v) is 19.6. The van der Waals surface area contributed by atoms with E-state index in [0.29, 0.717) is 24.3 Å². The van der Waals surface area contributed by atoms with E-state index >= 15 is 0 Å². The molecule has 0 radical (unpaired) electrons. The number of amides is 1. The molecule has 0 saturated heterocycles. The number of ether oxygens (including phenoxy) is 3. The van der Waals surface area contributed by atoms with Gasteiger partial charge in [-0.1, -0.05) is 60.7 Å². The summed E-state index contributed by atoms with van der Waals surface area (Å²) in [6.45, 7) is 0.123. The van der Waals surface area contributed by atoms with Crippen LogP contribution >= 0.6 is 0 Å². The van der Waals surface area contributed by atoms with Crippen molar-refractivity contribution in [2.45, 2.75) is 24.6 Å². The SMILES string of the molecule is COc1ccc(C(OCCCCNC(=O)C(F)(F)F)(c2ccccc2)c2ccccc2)c(OC)c1. The van der Waals surface area contributed by atoms with Gasteiger partial charge in [0.1, 0.15) is 17.1 Å². The van der Waals surface area contributed by atoms with Crippen LogP contribution in [0, 0.1) is 0 Å². The summed E-state index contributed by atoms with van der Waals surface area (Å²) in [5, 5.41) is 1.89. The number of unbranched alkanes of at least 4 members (excludes halogenated alkanes) is 1. The van der Waals surface area contributed by atoms with Gasteiger partial charge >= 0.3 is 12.1 Å². The highest BCUT2D eigenvalue weighted by Gasteiger charge is 2.40. The lowest BCUT2D eigenvalue weighted by atomic mass is 9.79. The van der Waals surface area contributed by atoms with Gasteiger partial charge in [0.05, 0.1) is 14.2 Å². The summed E-state index contributed by atoms with van der Waals surface area (Å²) >= 11 is 0. The molecule has 0 spiro atoms. The molecule has 3 rings (SSSR count). The topological polar surface area (TPSA) is 56.8 Å². The molecule has 0 heterocycles. The van der Waals surface area contributed by atoms with Crippen molar-refractivity contribution in [3.63, 3.8) is 0 Å². The van der Waals surface area contributed by atoms with E-state index in [1.165, 1.54) is 0 Å². The maximum Gasteiger partial charge on any atom is 0.471 e. The number of carbonyl (C=O) groups is 1. The zero-order chi connectivity index (χ0) is 25.3. The predicted molar refractivity (Wildman–Crippen MR) is 127 cm³/mol. The molecule has 0 aliphatic rings. The summed E-state index contributed by atoms with van der Waals surface area (Å²) in [4.78, 5) is 11.0. The van der Waals surface area contributed by atoms with Crippen LogP contribution in [0.1, 0.15) is 29.5 Å². The van der Waals surface area contributed by atoms with Crippen LogP contribution in [0.25, 0.3) is 0 Å². The van der Waals surface area contributed by atoms with E-state index in [1.807, 2.05) is 78.1 Å². The highest BCUT2D eigenvalue weighted by molar-refractivity contribution is 5.81. The maximum absolute atomic E-state index is 12.4. The first-order chi connectivity index (χ1) is 16.8. The van der Waals surface area contributed by atoms with Crippen molar-refractivity contribution in [3.8, 4) is 11.5 Å². The minimum Gasteiger partial charge on any atom is -0.497 e. The van der Waals surface area contributed by atoms with Crippen molar-refractivity contribution in [1.82, 2.24) is 5.32 Å². The Balaban J connectivity index is 1.95. The molecule has 1 amide bonds. The molecule has 0 aliphatic carbocycles. The summed E-state index contributed by atoms with van der Waals surface area (Å²) in [6.07, 6.45) is -4.14. The highest BCUT2D eigenvalue weighted by atomic mass is 19.4. The number of carbonyl (C=O) groups excluding carboxylic acids is 1. The monoisotopic (exact) mass is 487 g/mol. The molecule has 0 saturated carbocycles. The van der Waals surface area contributed by atoms with Crippen LogP contribution in [-0.2, 0) is 15.1 Å². The smallest absolute Gasteiger partial charge is 0.471 e. The molecular formula is C27H28F3NO4. The molecule has 35 heavy (non-hydrogen) atoms. The number of hydrogen-bond acceptors (Lipinski definition) is 4. The average molecular weight is 488 g/mol. The molecule has 5 nitrogen and oxygen atoms in total. The summed E-state index contributed by atoms with van der Waals surface area (Å²) < 4.78 is 55.0. The lowest BCUT2D eigenvalue weighted by Gasteiger charge is -2.37. The molecule has 186 valence electrons. The number of alkyl halides is 3. The number of nitrogens with one attached hydrogen (secondary N) is 1. The minimum atomic E-state index is -4.89. The van der Waals surface area contributed by atoms with E-state index in [-0.39, 0.29) is 13.2 Å². The van der Waals surface area contributed by atoms with Crippen molar-refractivity contribution < 1.29 is 32.2 Å². The van der Waals surface area contributed by atoms with Gasteiger partial charge < -0.3 is 19.5 Å². The van der Waals surface area contributed by atoms with E-state index in [2.05, 4.69) is 0 Å². The van der Waals surface area contributed by atoms with Gasteiger partial charge in [-0.2, -0.15) is 13.2 Å². The van der Waals surface area contributed by atoms with Gasteiger partial charge in [0.25, 0.3) is 0 Å². The van der Waals surface area contributed by atoms with Gasteiger partial charge in [-0.15, -0.1) is 0 Å². The fraction of sp³-hybridized carbons (Fsp3) is 0.296. The van der Waals surface area contributed by atoms with Gasteiger partial charge in [0.2, 0.25) is 0 Å². The molecule has 0 atom stereocenters. The molecule has 1 N–H and O–H groups in total.